The fourth-order valence-electron chi connectivity index (χ4n) is 2.81. The maximum atomic E-state index is 10.7. The molecule has 0 spiro atoms. The molecule has 0 saturated heterocycles. The number of fused-ring (bicyclic) bond motifs is 2. The van der Waals surface area contributed by atoms with Crippen molar-refractivity contribution in [2.24, 2.45) is 0 Å². The summed E-state index contributed by atoms with van der Waals surface area (Å²) < 4.78 is 0. The summed E-state index contributed by atoms with van der Waals surface area (Å²) in [5.74, 6) is 0.485. The fourth-order valence-corrected chi connectivity index (χ4v) is 2.81. The van der Waals surface area contributed by atoms with Crippen LogP contribution in [0, 0.1) is 0 Å². The van der Waals surface area contributed by atoms with Gasteiger partial charge in [-0.1, -0.05) is 63.2 Å². The standard InChI is InChI=1S/C18H18O2/c1-18(2,3)14-10-6-9-13-15(14)17(20)12-8-5-4-7-11(12)16(13)19/h4-10,19-20H,1-3H3. The van der Waals surface area contributed by atoms with Gasteiger partial charge < -0.3 is 10.2 Å². The first kappa shape index (κ1) is 12.8. The van der Waals surface area contributed by atoms with Gasteiger partial charge in [0.25, 0.3) is 0 Å². The largest absolute Gasteiger partial charge is 0.507 e. The van der Waals surface area contributed by atoms with E-state index in [9.17, 15) is 10.2 Å². The van der Waals surface area contributed by atoms with Gasteiger partial charge in [0.05, 0.1) is 0 Å². The molecule has 0 bridgehead atoms. The van der Waals surface area contributed by atoms with E-state index in [1.807, 2.05) is 42.5 Å². The Bertz CT molecular complexity index is 811. The second kappa shape index (κ2) is 4.14. The van der Waals surface area contributed by atoms with Gasteiger partial charge in [-0.2, -0.15) is 0 Å². The van der Waals surface area contributed by atoms with Crippen molar-refractivity contribution in [3.8, 4) is 11.5 Å². The highest BCUT2D eigenvalue weighted by atomic mass is 16.3. The number of aromatic hydroxyl groups is 2. The van der Waals surface area contributed by atoms with Crippen molar-refractivity contribution >= 4 is 21.5 Å². The van der Waals surface area contributed by atoms with E-state index in [0.717, 1.165) is 10.9 Å². The summed E-state index contributed by atoms with van der Waals surface area (Å²) in [6.45, 7) is 6.31. The van der Waals surface area contributed by atoms with Crippen LogP contribution < -0.4 is 0 Å². The molecule has 3 aromatic carbocycles. The van der Waals surface area contributed by atoms with Gasteiger partial charge in [0.1, 0.15) is 11.5 Å². The molecule has 2 nitrogen and oxygen atoms in total. The molecule has 0 saturated carbocycles. The summed E-state index contributed by atoms with van der Waals surface area (Å²) in [6, 6.07) is 13.2. The van der Waals surface area contributed by atoms with E-state index in [2.05, 4.69) is 20.8 Å². The summed E-state index contributed by atoms with van der Waals surface area (Å²) in [4.78, 5) is 0. The zero-order chi connectivity index (χ0) is 14.5. The van der Waals surface area contributed by atoms with Crippen LogP contribution in [0.15, 0.2) is 42.5 Å². The maximum absolute atomic E-state index is 10.7. The van der Waals surface area contributed by atoms with Gasteiger partial charge >= 0.3 is 0 Å². The van der Waals surface area contributed by atoms with Gasteiger partial charge in [-0.15, -0.1) is 0 Å². The van der Waals surface area contributed by atoms with Crippen LogP contribution in [0.25, 0.3) is 21.5 Å². The summed E-state index contributed by atoms with van der Waals surface area (Å²) in [7, 11) is 0. The quantitative estimate of drug-likeness (QED) is 0.457. The highest BCUT2D eigenvalue weighted by molar-refractivity contribution is 6.11. The SMILES string of the molecule is CC(C)(C)c1cccc2c(O)c3ccccc3c(O)c12. The lowest BCUT2D eigenvalue weighted by molar-refractivity contribution is 0.477. The minimum Gasteiger partial charge on any atom is -0.507 e. The van der Waals surface area contributed by atoms with E-state index in [0.29, 0.717) is 16.2 Å². The van der Waals surface area contributed by atoms with Crippen molar-refractivity contribution in [2.45, 2.75) is 26.2 Å². The van der Waals surface area contributed by atoms with Crippen LogP contribution in [0.1, 0.15) is 26.3 Å². The Morgan fingerprint density at radius 2 is 1.25 bits per heavy atom. The average Bonchev–Trinajstić information content (AvgIpc) is 2.43. The predicted molar refractivity (Wildman–Crippen MR) is 83.5 cm³/mol. The third kappa shape index (κ3) is 1.72. The number of hydrogen-bond acceptors (Lipinski definition) is 2. The Morgan fingerprint density at radius 1 is 0.700 bits per heavy atom. The predicted octanol–water partition coefficient (Wildman–Crippen LogP) is 4.70. The average molecular weight is 266 g/mol. The zero-order valence-corrected chi connectivity index (χ0v) is 11.9. The van der Waals surface area contributed by atoms with E-state index < -0.39 is 0 Å². The monoisotopic (exact) mass is 266 g/mol. The van der Waals surface area contributed by atoms with E-state index in [4.69, 9.17) is 0 Å². The molecule has 0 amide bonds. The van der Waals surface area contributed by atoms with Gasteiger partial charge in [0.2, 0.25) is 0 Å². The Hall–Kier alpha value is -2.22. The van der Waals surface area contributed by atoms with Gasteiger partial charge in [0, 0.05) is 21.5 Å². The Balaban J connectivity index is 2.60. The number of phenolic OH excluding ortho intramolecular Hbond substituents is 2. The molecule has 0 radical (unpaired) electrons. The van der Waals surface area contributed by atoms with Crippen LogP contribution in [-0.4, -0.2) is 10.2 Å². The molecule has 0 fully saturated rings. The lowest BCUT2D eigenvalue weighted by Crippen LogP contribution is -2.11. The third-order valence-corrected chi connectivity index (χ3v) is 3.80. The van der Waals surface area contributed by atoms with Crippen LogP contribution in [-0.2, 0) is 5.41 Å². The van der Waals surface area contributed by atoms with E-state index in [-0.39, 0.29) is 16.9 Å². The van der Waals surface area contributed by atoms with Crippen molar-refractivity contribution in [2.75, 3.05) is 0 Å². The second-order valence-corrected chi connectivity index (χ2v) is 6.22. The molecule has 0 heterocycles. The van der Waals surface area contributed by atoms with Crippen LogP contribution in [0.5, 0.6) is 11.5 Å². The fraction of sp³-hybridized carbons (Fsp3) is 0.222. The molecule has 0 aliphatic carbocycles. The Kier molecular flexibility index (Phi) is 2.65. The molecule has 2 N–H and O–H groups in total. The highest BCUT2D eigenvalue weighted by Crippen LogP contribution is 2.45. The van der Waals surface area contributed by atoms with Gasteiger partial charge in [-0.3, -0.25) is 0 Å². The number of rotatable bonds is 0. The molecule has 20 heavy (non-hydrogen) atoms. The zero-order valence-electron chi connectivity index (χ0n) is 11.9. The Labute approximate surface area is 118 Å². The second-order valence-electron chi connectivity index (χ2n) is 6.22. The normalized spacial score (nSPS) is 12.2. The summed E-state index contributed by atoms with van der Waals surface area (Å²) in [5.41, 5.74) is 0.930. The molecular formula is C18H18O2. The molecule has 0 atom stereocenters. The molecule has 3 rings (SSSR count). The first-order valence-electron chi connectivity index (χ1n) is 6.77. The smallest absolute Gasteiger partial charge is 0.131 e. The third-order valence-electron chi connectivity index (χ3n) is 3.80. The van der Waals surface area contributed by atoms with Crippen molar-refractivity contribution in [3.63, 3.8) is 0 Å². The van der Waals surface area contributed by atoms with Crippen molar-refractivity contribution in [1.82, 2.24) is 0 Å². The topological polar surface area (TPSA) is 40.5 Å². The molecule has 0 aromatic heterocycles. The minimum absolute atomic E-state index is 0.105. The van der Waals surface area contributed by atoms with E-state index in [1.165, 1.54) is 0 Å². The number of phenols is 2. The summed E-state index contributed by atoms with van der Waals surface area (Å²) >= 11 is 0. The molecule has 0 aliphatic rings. The minimum atomic E-state index is -0.105. The van der Waals surface area contributed by atoms with Crippen LogP contribution in [0.2, 0.25) is 0 Å². The molecular weight excluding hydrogens is 248 g/mol. The number of hydrogen-bond donors (Lipinski definition) is 2. The Morgan fingerprint density at radius 3 is 1.85 bits per heavy atom. The summed E-state index contributed by atoms with van der Waals surface area (Å²) in [6.07, 6.45) is 0. The maximum Gasteiger partial charge on any atom is 0.131 e. The summed E-state index contributed by atoms with van der Waals surface area (Å²) in [5, 5.41) is 24.0. The van der Waals surface area contributed by atoms with Crippen LogP contribution in [0.4, 0.5) is 0 Å². The lowest BCUT2D eigenvalue weighted by atomic mass is 9.82. The van der Waals surface area contributed by atoms with Gasteiger partial charge in [-0.25, -0.2) is 0 Å². The van der Waals surface area contributed by atoms with Gasteiger partial charge in [0.15, 0.2) is 0 Å². The molecule has 0 unspecified atom stereocenters. The van der Waals surface area contributed by atoms with Crippen molar-refractivity contribution < 1.29 is 10.2 Å². The first-order chi connectivity index (χ1) is 9.41. The highest BCUT2D eigenvalue weighted by Gasteiger charge is 2.21. The lowest BCUT2D eigenvalue weighted by Gasteiger charge is -2.23. The number of benzene rings is 3. The van der Waals surface area contributed by atoms with Crippen molar-refractivity contribution in [1.29, 1.82) is 0 Å². The van der Waals surface area contributed by atoms with Crippen molar-refractivity contribution in [3.05, 3.63) is 48.0 Å². The molecule has 102 valence electrons. The molecule has 2 heteroatoms. The first-order valence-corrected chi connectivity index (χ1v) is 6.77. The van der Waals surface area contributed by atoms with Crippen LogP contribution in [0.3, 0.4) is 0 Å². The van der Waals surface area contributed by atoms with E-state index in [1.54, 1.807) is 0 Å². The molecule has 0 aliphatic heterocycles. The van der Waals surface area contributed by atoms with E-state index >= 15 is 0 Å². The van der Waals surface area contributed by atoms with Crippen LogP contribution >= 0.6 is 0 Å². The van der Waals surface area contributed by atoms with Gasteiger partial charge in [-0.05, 0) is 11.0 Å². The molecule has 3 aromatic rings.